The van der Waals surface area contributed by atoms with E-state index in [0.29, 0.717) is 6.42 Å². The van der Waals surface area contributed by atoms with Gasteiger partial charge in [-0.05, 0) is 42.3 Å². The Kier molecular flexibility index (Phi) is 3.26. The number of aliphatic hydroxyl groups excluding tert-OH is 1. The summed E-state index contributed by atoms with van der Waals surface area (Å²) < 4.78 is 0. The molecule has 1 unspecified atom stereocenters. The molecule has 18 heavy (non-hydrogen) atoms. The smallest absolute Gasteiger partial charge is 0.115 e. The minimum absolute atomic E-state index is 0.0802. The maximum Gasteiger partial charge on any atom is 0.115 e. The summed E-state index contributed by atoms with van der Waals surface area (Å²) in [6.45, 7) is 1.66. The van der Waals surface area contributed by atoms with E-state index in [9.17, 15) is 10.2 Å². The number of hydrogen-bond donors (Lipinski definition) is 3. The number of phenols is 1. The van der Waals surface area contributed by atoms with E-state index in [0.717, 1.165) is 11.1 Å². The van der Waals surface area contributed by atoms with Gasteiger partial charge in [-0.25, -0.2) is 0 Å². The Balaban J connectivity index is 2.15. The Hall–Kier alpha value is -2.00. The maximum absolute atomic E-state index is 9.90. The van der Waals surface area contributed by atoms with Crippen LogP contribution in [0.5, 0.6) is 5.75 Å². The molecule has 3 nitrogen and oxygen atoms in total. The zero-order valence-corrected chi connectivity index (χ0v) is 10.2. The molecule has 1 aromatic carbocycles. The van der Waals surface area contributed by atoms with E-state index < -0.39 is 5.60 Å². The maximum atomic E-state index is 9.90. The molecule has 0 saturated carbocycles. The number of benzene rings is 1. The fourth-order valence-electron chi connectivity index (χ4n) is 1.96. The SMILES string of the molecule is CC1(O)C=C(O)C=C(C=Cc2ccc(O)cc2)C1. The lowest BCUT2D eigenvalue weighted by Gasteiger charge is -2.23. The normalized spacial score (nSPS) is 23.9. The molecule has 0 amide bonds. The first kappa shape index (κ1) is 12.5. The van der Waals surface area contributed by atoms with Gasteiger partial charge in [-0.15, -0.1) is 0 Å². The number of aromatic hydroxyl groups is 1. The van der Waals surface area contributed by atoms with Gasteiger partial charge in [0.2, 0.25) is 0 Å². The fourth-order valence-corrected chi connectivity index (χ4v) is 1.96. The van der Waals surface area contributed by atoms with Crippen molar-refractivity contribution in [1.82, 2.24) is 0 Å². The van der Waals surface area contributed by atoms with E-state index in [1.807, 2.05) is 12.2 Å². The van der Waals surface area contributed by atoms with Gasteiger partial charge in [-0.2, -0.15) is 0 Å². The van der Waals surface area contributed by atoms with Gasteiger partial charge >= 0.3 is 0 Å². The van der Waals surface area contributed by atoms with Crippen LogP contribution in [0, 0.1) is 0 Å². The van der Waals surface area contributed by atoms with Crippen molar-refractivity contribution in [3.8, 4) is 5.75 Å². The van der Waals surface area contributed by atoms with Crippen LogP contribution >= 0.6 is 0 Å². The van der Waals surface area contributed by atoms with Crippen LogP contribution in [0.1, 0.15) is 18.9 Å². The second kappa shape index (κ2) is 4.70. The molecule has 0 aromatic heterocycles. The number of phenolic OH excluding ortho intramolecular Hbond substituents is 1. The lowest BCUT2D eigenvalue weighted by Crippen LogP contribution is -2.24. The van der Waals surface area contributed by atoms with Gasteiger partial charge in [0.15, 0.2) is 0 Å². The summed E-state index contributed by atoms with van der Waals surface area (Å²) in [6.07, 6.45) is 7.26. The highest BCUT2D eigenvalue weighted by Gasteiger charge is 2.22. The molecule has 0 heterocycles. The van der Waals surface area contributed by atoms with Crippen molar-refractivity contribution < 1.29 is 15.3 Å². The number of aliphatic hydroxyl groups is 2. The van der Waals surface area contributed by atoms with Crippen LogP contribution in [0.25, 0.3) is 6.08 Å². The molecule has 3 heteroatoms. The number of allylic oxidation sites excluding steroid dienone is 2. The van der Waals surface area contributed by atoms with Crippen molar-refractivity contribution in [2.24, 2.45) is 0 Å². The molecule has 94 valence electrons. The van der Waals surface area contributed by atoms with Crippen LogP contribution in [0.4, 0.5) is 0 Å². The lowest BCUT2D eigenvalue weighted by atomic mass is 9.90. The summed E-state index contributed by atoms with van der Waals surface area (Å²) in [4.78, 5) is 0. The van der Waals surface area contributed by atoms with Gasteiger partial charge < -0.3 is 15.3 Å². The summed E-state index contributed by atoms with van der Waals surface area (Å²) in [6, 6.07) is 6.82. The third-order valence-electron chi connectivity index (χ3n) is 2.74. The molecule has 0 saturated heterocycles. The zero-order valence-electron chi connectivity index (χ0n) is 10.2. The minimum atomic E-state index is -1.01. The molecule has 0 radical (unpaired) electrons. The Morgan fingerprint density at radius 2 is 1.78 bits per heavy atom. The molecule has 1 atom stereocenters. The molecule has 1 aromatic rings. The first-order valence-electron chi connectivity index (χ1n) is 5.76. The van der Waals surface area contributed by atoms with E-state index in [2.05, 4.69) is 0 Å². The molecular weight excluding hydrogens is 228 g/mol. The van der Waals surface area contributed by atoms with E-state index in [-0.39, 0.29) is 11.5 Å². The van der Waals surface area contributed by atoms with Crippen molar-refractivity contribution in [2.75, 3.05) is 0 Å². The van der Waals surface area contributed by atoms with Gasteiger partial charge in [0, 0.05) is 6.42 Å². The quantitative estimate of drug-likeness (QED) is 0.749. The molecule has 2 rings (SSSR count). The minimum Gasteiger partial charge on any atom is -0.508 e. The highest BCUT2D eigenvalue weighted by atomic mass is 16.3. The van der Waals surface area contributed by atoms with Crippen molar-refractivity contribution in [3.05, 3.63) is 59.4 Å². The average Bonchev–Trinajstić information content (AvgIpc) is 2.25. The second-order valence-corrected chi connectivity index (χ2v) is 4.75. The zero-order chi connectivity index (χ0) is 13.2. The van der Waals surface area contributed by atoms with Gasteiger partial charge in [0.1, 0.15) is 11.5 Å². The predicted octanol–water partition coefficient (Wildman–Crippen LogP) is 2.93. The van der Waals surface area contributed by atoms with E-state index in [4.69, 9.17) is 5.11 Å². The Morgan fingerprint density at radius 1 is 1.11 bits per heavy atom. The van der Waals surface area contributed by atoms with Gasteiger partial charge in [0.25, 0.3) is 0 Å². The lowest BCUT2D eigenvalue weighted by molar-refractivity contribution is 0.107. The van der Waals surface area contributed by atoms with Crippen LogP contribution in [-0.4, -0.2) is 20.9 Å². The molecular formula is C15H16O3. The van der Waals surface area contributed by atoms with E-state index >= 15 is 0 Å². The average molecular weight is 244 g/mol. The Morgan fingerprint density at radius 3 is 2.39 bits per heavy atom. The highest BCUT2D eigenvalue weighted by molar-refractivity contribution is 5.55. The van der Waals surface area contributed by atoms with Crippen molar-refractivity contribution in [1.29, 1.82) is 0 Å². The fraction of sp³-hybridized carbons (Fsp3) is 0.200. The van der Waals surface area contributed by atoms with E-state index in [1.54, 1.807) is 37.3 Å². The summed E-state index contributed by atoms with van der Waals surface area (Å²) in [5, 5.41) is 28.6. The van der Waals surface area contributed by atoms with Gasteiger partial charge in [-0.1, -0.05) is 24.3 Å². The Bertz CT molecular complexity index is 519. The van der Waals surface area contributed by atoms with Crippen LogP contribution in [0.3, 0.4) is 0 Å². The van der Waals surface area contributed by atoms with Crippen LogP contribution in [0.2, 0.25) is 0 Å². The first-order chi connectivity index (χ1) is 8.44. The number of rotatable bonds is 2. The second-order valence-electron chi connectivity index (χ2n) is 4.75. The summed E-state index contributed by atoms with van der Waals surface area (Å²) in [5.74, 6) is 0.309. The third-order valence-corrected chi connectivity index (χ3v) is 2.74. The van der Waals surface area contributed by atoms with E-state index in [1.165, 1.54) is 6.08 Å². The molecule has 1 aliphatic rings. The predicted molar refractivity (Wildman–Crippen MR) is 71.2 cm³/mol. The van der Waals surface area contributed by atoms with Crippen molar-refractivity contribution in [2.45, 2.75) is 18.9 Å². The molecule has 0 fully saturated rings. The van der Waals surface area contributed by atoms with Crippen molar-refractivity contribution >= 4 is 6.08 Å². The molecule has 3 N–H and O–H groups in total. The van der Waals surface area contributed by atoms with Crippen LogP contribution < -0.4 is 0 Å². The van der Waals surface area contributed by atoms with Crippen LogP contribution in [-0.2, 0) is 0 Å². The first-order valence-corrected chi connectivity index (χ1v) is 5.76. The molecule has 0 spiro atoms. The highest BCUT2D eigenvalue weighted by Crippen LogP contribution is 2.26. The largest absolute Gasteiger partial charge is 0.508 e. The number of hydrogen-bond acceptors (Lipinski definition) is 3. The summed E-state index contributed by atoms with van der Waals surface area (Å²) in [5.41, 5.74) is 0.795. The van der Waals surface area contributed by atoms with Crippen molar-refractivity contribution in [3.63, 3.8) is 0 Å². The topological polar surface area (TPSA) is 60.7 Å². The Labute approximate surface area is 106 Å². The molecule has 0 bridgehead atoms. The summed E-state index contributed by atoms with van der Waals surface area (Å²) in [7, 11) is 0. The van der Waals surface area contributed by atoms with Gasteiger partial charge in [0.05, 0.1) is 5.60 Å². The summed E-state index contributed by atoms with van der Waals surface area (Å²) >= 11 is 0. The standard InChI is InChI=1S/C15H16O3/c1-15(18)9-12(8-14(17)10-15)3-2-11-4-6-13(16)7-5-11/h2-8,10,16-18H,9H2,1H3. The molecule has 1 aliphatic carbocycles. The monoisotopic (exact) mass is 244 g/mol. The third kappa shape index (κ3) is 3.25. The van der Waals surface area contributed by atoms with Crippen LogP contribution in [0.15, 0.2) is 53.8 Å². The van der Waals surface area contributed by atoms with Gasteiger partial charge in [-0.3, -0.25) is 0 Å². The molecule has 0 aliphatic heterocycles.